The molecule has 120 valence electrons. The number of nitrogens with one attached hydrogen (secondary N) is 1. The normalized spacial score (nSPS) is 18.9. The highest BCUT2D eigenvalue weighted by Crippen LogP contribution is 2.28. The number of halogens is 1. The molecule has 0 aliphatic carbocycles. The fraction of sp³-hybridized carbons (Fsp3) is 0.750. The summed E-state index contributed by atoms with van der Waals surface area (Å²) in [6, 6.07) is 4.58. The summed E-state index contributed by atoms with van der Waals surface area (Å²) in [5.41, 5.74) is 0.107. The van der Waals surface area contributed by atoms with E-state index in [0.717, 1.165) is 50.0 Å². The molecule has 0 spiro atoms. The van der Waals surface area contributed by atoms with Gasteiger partial charge in [0.15, 0.2) is 0 Å². The molecule has 0 radical (unpaired) electrons. The number of hydrogen-bond donors (Lipinski definition) is 1. The highest BCUT2D eigenvalue weighted by molar-refractivity contribution is 7.16. The molecule has 0 aromatic carbocycles. The third-order valence-corrected chi connectivity index (χ3v) is 5.61. The number of nitrogens with zero attached hydrogens (tertiary/aromatic N) is 1. The van der Waals surface area contributed by atoms with Crippen LogP contribution in [0.1, 0.15) is 32.1 Å². The molecule has 3 nitrogen and oxygen atoms in total. The van der Waals surface area contributed by atoms with Crippen LogP contribution < -0.4 is 5.32 Å². The average molecular weight is 331 g/mol. The Morgan fingerprint density at radius 2 is 2.10 bits per heavy atom. The zero-order chi connectivity index (χ0) is 15.3. The van der Waals surface area contributed by atoms with Crippen molar-refractivity contribution in [3.05, 3.63) is 21.3 Å². The van der Waals surface area contributed by atoms with Gasteiger partial charge in [0.2, 0.25) is 0 Å². The second kappa shape index (κ2) is 7.93. The van der Waals surface area contributed by atoms with E-state index in [0.29, 0.717) is 6.04 Å². The Bertz CT molecular complexity index is 430. The maximum Gasteiger partial charge on any atom is 0.0931 e. The third kappa shape index (κ3) is 4.67. The van der Waals surface area contributed by atoms with E-state index in [1.807, 2.05) is 6.07 Å². The largest absolute Gasteiger partial charge is 0.379 e. The van der Waals surface area contributed by atoms with Gasteiger partial charge in [0.25, 0.3) is 0 Å². The number of rotatable bonds is 7. The van der Waals surface area contributed by atoms with Gasteiger partial charge in [-0.1, -0.05) is 18.5 Å². The monoisotopic (exact) mass is 330 g/mol. The third-order valence-electron chi connectivity index (χ3n) is 4.35. The Hall–Kier alpha value is -0.130. The molecule has 21 heavy (non-hydrogen) atoms. The van der Waals surface area contributed by atoms with Crippen LogP contribution in [0.4, 0.5) is 0 Å². The van der Waals surface area contributed by atoms with Crippen molar-refractivity contribution in [2.24, 2.45) is 0 Å². The van der Waals surface area contributed by atoms with Gasteiger partial charge in [0.05, 0.1) is 17.6 Å². The second-order valence-corrected chi connectivity index (χ2v) is 7.97. The van der Waals surface area contributed by atoms with Gasteiger partial charge in [-0.2, -0.15) is 0 Å². The zero-order valence-corrected chi connectivity index (χ0v) is 14.9. The summed E-state index contributed by atoms with van der Waals surface area (Å²) < 4.78 is 6.38. The zero-order valence-electron chi connectivity index (χ0n) is 13.3. The van der Waals surface area contributed by atoms with Crippen LogP contribution in [0.2, 0.25) is 4.34 Å². The molecule has 1 saturated heterocycles. The van der Waals surface area contributed by atoms with Gasteiger partial charge in [0, 0.05) is 29.5 Å². The van der Waals surface area contributed by atoms with Crippen molar-refractivity contribution in [3.8, 4) is 0 Å². The molecule has 2 rings (SSSR count). The van der Waals surface area contributed by atoms with Gasteiger partial charge in [-0.15, -0.1) is 11.3 Å². The van der Waals surface area contributed by atoms with E-state index in [4.69, 9.17) is 16.3 Å². The summed E-state index contributed by atoms with van der Waals surface area (Å²) >= 11 is 7.78. The molecule has 1 N–H and O–H groups in total. The van der Waals surface area contributed by atoms with Crippen molar-refractivity contribution in [1.29, 1.82) is 0 Å². The van der Waals surface area contributed by atoms with E-state index < -0.39 is 0 Å². The Kier molecular flexibility index (Phi) is 6.51. The number of ether oxygens (including phenoxy) is 1. The molecule has 1 fully saturated rings. The minimum Gasteiger partial charge on any atom is -0.379 e. The quantitative estimate of drug-likeness (QED) is 0.829. The van der Waals surface area contributed by atoms with Gasteiger partial charge in [-0.05, 0) is 45.4 Å². The molecule has 2 heterocycles. The van der Waals surface area contributed by atoms with E-state index >= 15 is 0 Å². The van der Waals surface area contributed by atoms with Crippen molar-refractivity contribution < 1.29 is 4.74 Å². The maximum absolute atomic E-state index is 6.08. The van der Waals surface area contributed by atoms with Gasteiger partial charge in [0.1, 0.15) is 0 Å². The summed E-state index contributed by atoms with van der Waals surface area (Å²) in [5, 5.41) is 3.75. The molecular formula is C16H27ClN2OS. The van der Waals surface area contributed by atoms with E-state index in [1.165, 1.54) is 4.88 Å². The minimum absolute atomic E-state index is 0.107. The summed E-state index contributed by atoms with van der Waals surface area (Å²) in [7, 11) is 0. The lowest BCUT2D eigenvalue weighted by Crippen LogP contribution is -2.61. The van der Waals surface area contributed by atoms with Crippen molar-refractivity contribution >= 4 is 22.9 Å². The fourth-order valence-electron chi connectivity index (χ4n) is 2.91. The smallest absolute Gasteiger partial charge is 0.0931 e. The van der Waals surface area contributed by atoms with Crippen molar-refractivity contribution in [3.63, 3.8) is 0 Å². The highest BCUT2D eigenvalue weighted by Gasteiger charge is 2.36. The summed E-state index contributed by atoms with van der Waals surface area (Å²) in [6.45, 7) is 11.7. The first-order valence-electron chi connectivity index (χ1n) is 7.84. The lowest BCUT2D eigenvalue weighted by molar-refractivity contribution is -0.0231. The van der Waals surface area contributed by atoms with Gasteiger partial charge in [-0.3, -0.25) is 4.90 Å². The van der Waals surface area contributed by atoms with Crippen molar-refractivity contribution in [1.82, 2.24) is 10.2 Å². The first-order valence-corrected chi connectivity index (χ1v) is 9.04. The molecule has 0 amide bonds. The van der Waals surface area contributed by atoms with Gasteiger partial charge in [-0.25, -0.2) is 0 Å². The molecular weight excluding hydrogens is 304 g/mol. The van der Waals surface area contributed by atoms with Crippen LogP contribution in [0.5, 0.6) is 0 Å². The molecule has 5 heteroatoms. The first-order chi connectivity index (χ1) is 10.0. The van der Waals surface area contributed by atoms with Crippen LogP contribution in [0.25, 0.3) is 0 Å². The van der Waals surface area contributed by atoms with Crippen LogP contribution in [-0.2, 0) is 11.2 Å². The molecule has 1 aromatic heterocycles. The van der Waals surface area contributed by atoms with Crippen molar-refractivity contribution in [2.45, 2.75) is 45.2 Å². The van der Waals surface area contributed by atoms with E-state index in [-0.39, 0.29) is 5.54 Å². The van der Waals surface area contributed by atoms with E-state index in [9.17, 15) is 0 Å². The Balaban J connectivity index is 2.08. The topological polar surface area (TPSA) is 24.5 Å². The highest BCUT2D eigenvalue weighted by atomic mass is 35.5. The lowest BCUT2D eigenvalue weighted by Gasteiger charge is -2.46. The fourth-order valence-corrected chi connectivity index (χ4v) is 4.05. The van der Waals surface area contributed by atoms with Crippen molar-refractivity contribution in [2.75, 3.05) is 32.8 Å². The van der Waals surface area contributed by atoms with Crippen LogP contribution in [-0.4, -0.2) is 49.3 Å². The summed E-state index contributed by atoms with van der Waals surface area (Å²) in [4.78, 5) is 3.91. The molecule has 1 atom stereocenters. The predicted molar refractivity (Wildman–Crippen MR) is 91.6 cm³/mol. The van der Waals surface area contributed by atoms with Crippen LogP contribution in [0, 0.1) is 0 Å². The molecule has 0 saturated carbocycles. The molecule has 1 aromatic rings. The lowest BCUT2D eigenvalue weighted by atomic mass is 9.88. The van der Waals surface area contributed by atoms with Crippen LogP contribution in [0.3, 0.4) is 0 Å². The molecule has 1 aliphatic heterocycles. The predicted octanol–water partition coefficient (Wildman–Crippen LogP) is 3.42. The Morgan fingerprint density at radius 3 is 2.67 bits per heavy atom. The summed E-state index contributed by atoms with van der Waals surface area (Å²) in [6.07, 6.45) is 2.18. The average Bonchev–Trinajstić information content (AvgIpc) is 2.89. The standard InChI is InChI=1S/C16H27ClN2OS/c1-4-7-18-14(12-13-5-6-15(17)21-13)16(2,3)19-8-10-20-11-9-19/h5-6,14,18H,4,7-12H2,1-3H3. The number of thiophene rings is 1. The number of hydrogen-bond acceptors (Lipinski definition) is 4. The van der Waals surface area contributed by atoms with Crippen LogP contribution in [0.15, 0.2) is 12.1 Å². The van der Waals surface area contributed by atoms with Gasteiger partial charge < -0.3 is 10.1 Å². The number of morpholine rings is 1. The molecule has 1 aliphatic rings. The Morgan fingerprint density at radius 1 is 1.38 bits per heavy atom. The minimum atomic E-state index is 0.107. The Labute approximate surface area is 137 Å². The first kappa shape index (κ1) is 17.2. The second-order valence-electron chi connectivity index (χ2n) is 6.17. The van der Waals surface area contributed by atoms with E-state index in [2.05, 4.69) is 37.1 Å². The molecule has 1 unspecified atom stereocenters. The van der Waals surface area contributed by atoms with Gasteiger partial charge >= 0.3 is 0 Å². The van der Waals surface area contributed by atoms with Crippen LogP contribution >= 0.6 is 22.9 Å². The van der Waals surface area contributed by atoms with E-state index in [1.54, 1.807) is 11.3 Å². The summed E-state index contributed by atoms with van der Waals surface area (Å²) in [5.74, 6) is 0. The maximum atomic E-state index is 6.08. The SMILES string of the molecule is CCCNC(Cc1ccc(Cl)s1)C(C)(C)N1CCOCC1. The molecule has 0 bridgehead atoms.